The molecule has 0 aliphatic heterocycles. The Kier molecular flexibility index (Phi) is 5.62. The van der Waals surface area contributed by atoms with Gasteiger partial charge in [-0.15, -0.1) is 0 Å². The average molecular weight is 341 g/mol. The van der Waals surface area contributed by atoms with Gasteiger partial charge in [-0.2, -0.15) is 0 Å². The van der Waals surface area contributed by atoms with Gasteiger partial charge in [-0.1, -0.05) is 18.2 Å². The van der Waals surface area contributed by atoms with Crippen molar-refractivity contribution < 1.29 is 24.0 Å². The molecule has 2 rings (SSSR count). The molecule has 25 heavy (non-hydrogen) atoms. The van der Waals surface area contributed by atoms with E-state index in [9.17, 15) is 19.7 Å². The molecule has 0 spiro atoms. The first-order valence-electron chi connectivity index (χ1n) is 7.24. The minimum Gasteiger partial charge on any atom is -0.493 e. The van der Waals surface area contributed by atoms with E-state index in [1.54, 1.807) is 18.2 Å². The molecule has 0 heterocycles. The third kappa shape index (κ3) is 4.74. The summed E-state index contributed by atoms with van der Waals surface area (Å²) >= 11 is 0. The number of nitrogens with zero attached hydrogens (tertiary/aromatic N) is 1. The normalized spacial score (nSPS) is 10.5. The monoisotopic (exact) mass is 341 g/mol. The highest BCUT2D eigenvalue weighted by molar-refractivity contribution is 5.92. The Morgan fingerprint density at radius 1 is 1.12 bits per heavy atom. The maximum absolute atomic E-state index is 12.2. The van der Waals surface area contributed by atoms with Gasteiger partial charge >= 0.3 is 5.97 Å². The fourth-order valence-corrected chi connectivity index (χ4v) is 1.99. The van der Waals surface area contributed by atoms with Crippen molar-refractivity contribution in [2.45, 2.75) is 6.92 Å². The van der Waals surface area contributed by atoms with Crippen molar-refractivity contribution in [3.8, 4) is 11.5 Å². The number of carbonyl (C=O) groups excluding carboxylic acids is 2. The molecule has 0 saturated carbocycles. The highest BCUT2D eigenvalue weighted by atomic mass is 16.6. The predicted molar refractivity (Wildman–Crippen MR) is 90.8 cm³/mol. The fraction of sp³-hybridized carbons (Fsp3) is 0.111. The van der Waals surface area contributed by atoms with Crippen LogP contribution in [0.2, 0.25) is 0 Å². The second-order valence-electron chi connectivity index (χ2n) is 5.05. The second-order valence-corrected chi connectivity index (χ2v) is 5.05. The molecule has 0 unspecified atom stereocenters. The molecule has 0 saturated heterocycles. The molecule has 0 aliphatic rings. The van der Waals surface area contributed by atoms with Crippen LogP contribution >= 0.6 is 0 Å². The summed E-state index contributed by atoms with van der Waals surface area (Å²) in [5.74, 6) is -0.377. The molecule has 0 radical (unpaired) electrons. The van der Waals surface area contributed by atoms with Crippen molar-refractivity contribution >= 4 is 23.5 Å². The van der Waals surface area contributed by atoms with Crippen molar-refractivity contribution in [3.05, 3.63) is 69.8 Å². The first kappa shape index (κ1) is 17.9. The minimum absolute atomic E-state index is 0.0526. The van der Waals surface area contributed by atoms with E-state index in [-0.39, 0.29) is 22.8 Å². The first-order chi connectivity index (χ1) is 11.9. The summed E-state index contributed by atoms with van der Waals surface area (Å²) in [6.45, 7) is 1.43. The highest BCUT2D eigenvalue weighted by Gasteiger charge is 2.15. The molecule has 128 valence electrons. The Bertz CT molecular complexity index is 856. The Morgan fingerprint density at radius 3 is 2.52 bits per heavy atom. The van der Waals surface area contributed by atoms with Crippen LogP contribution in [0.4, 0.5) is 5.69 Å². The molecule has 0 fully saturated rings. The number of ketones is 1. The van der Waals surface area contributed by atoms with Gasteiger partial charge in [0.25, 0.3) is 5.69 Å². The second kappa shape index (κ2) is 7.87. The number of rotatable bonds is 6. The van der Waals surface area contributed by atoms with Crippen molar-refractivity contribution in [2.75, 3.05) is 7.11 Å². The maximum Gasteiger partial charge on any atom is 0.343 e. The standard InChI is InChI=1S/C18H15NO6/c1-12(20)6-7-13-8-9-16(17(10-13)24-2)25-18(21)14-4-3-5-15(11-14)19(22)23/h3-11H,1-2H3/b7-6+. The lowest BCUT2D eigenvalue weighted by atomic mass is 10.1. The van der Waals surface area contributed by atoms with Gasteiger partial charge in [0.2, 0.25) is 0 Å². The first-order valence-corrected chi connectivity index (χ1v) is 7.24. The molecule has 7 nitrogen and oxygen atoms in total. The lowest BCUT2D eigenvalue weighted by molar-refractivity contribution is -0.384. The van der Waals surface area contributed by atoms with E-state index >= 15 is 0 Å². The van der Waals surface area contributed by atoms with Gasteiger partial charge in [-0.05, 0) is 36.8 Å². The lowest BCUT2D eigenvalue weighted by Crippen LogP contribution is -2.09. The number of benzene rings is 2. The number of carbonyl (C=O) groups is 2. The van der Waals surface area contributed by atoms with Crippen LogP contribution in [0.5, 0.6) is 11.5 Å². The fourth-order valence-electron chi connectivity index (χ4n) is 1.99. The van der Waals surface area contributed by atoms with Crippen LogP contribution < -0.4 is 9.47 Å². The van der Waals surface area contributed by atoms with Gasteiger partial charge in [0.05, 0.1) is 17.6 Å². The summed E-state index contributed by atoms with van der Waals surface area (Å²) in [4.78, 5) is 33.4. The molecule has 0 amide bonds. The smallest absolute Gasteiger partial charge is 0.343 e. The van der Waals surface area contributed by atoms with Crippen LogP contribution in [0.25, 0.3) is 6.08 Å². The molecule has 2 aromatic carbocycles. The van der Waals surface area contributed by atoms with Gasteiger partial charge in [0.1, 0.15) is 0 Å². The average Bonchev–Trinajstić information content (AvgIpc) is 2.60. The molecule has 0 aliphatic carbocycles. The lowest BCUT2D eigenvalue weighted by Gasteiger charge is -2.10. The third-order valence-electron chi connectivity index (χ3n) is 3.19. The number of allylic oxidation sites excluding steroid dienone is 1. The van der Waals surface area contributed by atoms with E-state index < -0.39 is 10.9 Å². The minimum atomic E-state index is -0.742. The van der Waals surface area contributed by atoms with Crippen molar-refractivity contribution in [1.82, 2.24) is 0 Å². The zero-order chi connectivity index (χ0) is 18.4. The van der Waals surface area contributed by atoms with Crippen LogP contribution in [0.3, 0.4) is 0 Å². The van der Waals surface area contributed by atoms with Crippen molar-refractivity contribution in [3.63, 3.8) is 0 Å². The Labute approximate surface area is 143 Å². The summed E-state index contributed by atoms with van der Waals surface area (Å²) in [6, 6.07) is 10.0. The van der Waals surface area contributed by atoms with E-state index in [1.807, 2.05) is 0 Å². The Balaban J connectivity index is 2.24. The molecule has 2 aromatic rings. The van der Waals surface area contributed by atoms with E-state index in [0.717, 1.165) is 6.07 Å². The zero-order valence-corrected chi connectivity index (χ0v) is 13.6. The largest absolute Gasteiger partial charge is 0.493 e. The van der Waals surface area contributed by atoms with Crippen LogP contribution in [0.1, 0.15) is 22.8 Å². The van der Waals surface area contributed by atoms with E-state index in [0.29, 0.717) is 11.3 Å². The summed E-state index contributed by atoms with van der Waals surface area (Å²) in [7, 11) is 1.42. The van der Waals surface area contributed by atoms with E-state index in [2.05, 4.69) is 0 Å². The molecule has 0 bridgehead atoms. The van der Waals surface area contributed by atoms with Crippen LogP contribution in [-0.2, 0) is 4.79 Å². The number of ether oxygens (including phenoxy) is 2. The number of hydrogen-bond donors (Lipinski definition) is 0. The van der Waals surface area contributed by atoms with Gasteiger partial charge in [-0.25, -0.2) is 4.79 Å². The van der Waals surface area contributed by atoms with Crippen molar-refractivity contribution in [2.24, 2.45) is 0 Å². The summed E-state index contributed by atoms with van der Waals surface area (Å²) in [5, 5.41) is 10.8. The number of hydrogen-bond acceptors (Lipinski definition) is 6. The van der Waals surface area contributed by atoms with E-state index in [4.69, 9.17) is 9.47 Å². The van der Waals surface area contributed by atoms with Gasteiger partial charge in [0.15, 0.2) is 17.3 Å². The summed E-state index contributed by atoms with van der Waals surface area (Å²) in [6.07, 6.45) is 3.01. The van der Waals surface area contributed by atoms with E-state index in [1.165, 1.54) is 44.4 Å². The number of nitro groups is 1. The number of esters is 1. The maximum atomic E-state index is 12.2. The third-order valence-corrected chi connectivity index (χ3v) is 3.19. The zero-order valence-electron chi connectivity index (χ0n) is 13.6. The number of nitro benzene ring substituents is 1. The van der Waals surface area contributed by atoms with Crippen LogP contribution in [-0.4, -0.2) is 23.8 Å². The Morgan fingerprint density at radius 2 is 1.88 bits per heavy atom. The topological polar surface area (TPSA) is 95.7 Å². The molecular weight excluding hydrogens is 326 g/mol. The quantitative estimate of drug-likeness (QED) is 0.263. The molecule has 0 atom stereocenters. The number of non-ortho nitro benzene ring substituents is 1. The van der Waals surface area contributed by atoms with Crippen molar-refractivity contribution in [1.29, 1.82) is 0 Å². The van der Waals surface area contributed by atoms with Gasteiger partial charge in [-0.3, -0.25) is 14.9 Å². The Hall–Kier alpha value is -3.48. The van der Waals surface area contributed by atoms with Crippen LogP contribution in [0.15, 0.2) is 48.5 Å². The summed E-state index contributed by atoms with van der Waals surface area (Å²) in [5.41, 5.74) is 0.546. The van der Waals surface area contributed by atoms with Gasteiger partial charge < -0.3 is 9.47 Å². The van der Waals surface area contributed by atoms with Gasteiger partial charge in [0, 0.05) is 12.1 Å². The highest BCUT2D eigenvalue weighted by Crippen LogP contribution is 2.29. The molecule has 0 aromatic heterocycles. The molecule has 0 N–H and O–H groups in total. The predicted octanol–water partition coefficient (Wildman–Crippen LogP) is 3.42. The summed E-state index contributed by atoms with van der Waals surface area (Å²) < 4.78 is 10.4. The SMILES string of the molecule is COc1cc(/C=C/C(C)=O)ccc1OC(=O)c1cccc([N+](=O)[O-])c1. The van der Waals surface area contributed by atoms with Crippen LogP contribution in [0, 0.1) is 10.1 Å². The molecular formula is C18H15NO6. The molecule has 7 heteroatoms. The number of methoxy groups -OCH3 is 1.